The Kier molecular flexibility index (Phi) is 6.70. The molecule has 0 aliphatic heterocycles. The first-order valence-corrected chi connectivity index (χ1v) is 5.04. The first-order chi connectivity index (χ1) is 7.02. The molecule has 0 saturated carbocycles. The quantitative estimate of drug-likeness (QED) is 0.657. The number of esters is 2. The van der Waals surface area contributed by atoms with Crippen LogP contribution in [0.2, 0.25) is 0 Å². The van der Waals surface area contributed by atoms with Crippen LogP contribution in [0.25, 0.3) is 0 Å². The van der Waals surface area contributed by atoms with Crippen LogP contribution in [-0.4, -0.2) is 36.4 Å². The Morgan fingerprint density at radius 2 is 1.60 bits per heavy atom. The lowest BCUT2D eigenvalue weighted by Crippen LogP contribution is -2.28. The first kappa shape index (κ1) is 13.9. The maximum atomic E-state index is 11.2. The van der Waals surface area contributed by atoms with Gasteiger partial charge in [0.2, 0.25) is 0 Å². The minimum absolute atomic E-state index is 0.0255. The van der Waals surface area contributed by atoms with Gasteiger partial charge in [-0.05, 0) is 20.3 Å². The van der Waals surface area contributed by atoms with Crippen molar-refractivity contribution in [2.45, 2.75) is 33.3 Å². The maximum absolute atomic E-state index is 11.2. The van der Waals surface area contributed by atoms with E-state index in [1.807, 2.05) is 0 Å². The number of aliphatic hydroxyl groups is 1. The molecule has 0 aliphatic carbocycles. The fraction of sp³-hybridized carbons (Fsp3) is 0.800. The van der Waals surface area contributed by atoms with Gasteiger partial charge in [-0.2, -0.15) is 0 Å². The highest BCUT2D eigenvalue weighted by Crippen LogP contribution is 2.09. The van der Waals surface area contributed by atoms with Crippen LogP contribution < -0.4 is 0 Å². The molecule has 5 nitrogen and oxygen atoms in total. The predicted octanol–water partition coefficient (Wildman–Crippen LogP) is 0.500. The summed E-state index contributed by atoms with van der Waals surface area (Å²) in [6, 6.07) is 0. The van der Waals surface area contributed by atoms with Gasteiger partial charge in [-0.25, -0.2) is 4.79 Å². The van der Waals surface area contributed by atoms with Crippen molar-refractivity contribution in [2.24, 2.45) is 5.92 Å². The van der Waals surface area contributed by atoms with E-state index in [0.29, 0.717) is 6.61 Å². The summed E-state index contributed by atoms with van der Waals surface area (Å²) in [7, 11) is 0. The van der Waals surface area contributed by atoms with E-state index >= 15 is 0 Å². The smallest absolute Gasteiger partial charge is 0.334 e. The van der Waals surface area contributed by atoms with Crippen molar-refractivity contribution in [3.05, 3.63) is 0 Å². The van der Waals surface area contributed by atoms with Gasteiger partial charge < -0.3 is 14.6 Å². The highest BCUT2D eigenvalue weighted by atomic mass is 16.5. The molecule has 5 heteroatoms. The summed E-state index contributed by atoms with van der Waals surface area (Å²) in [6.07, 6.45) is -1.23. The van der Waals surface area contributed by atoms with Gasteiger partial charge in [0.25, 0.3) is 0 Å². The van der Waals surface area contributed by atoms with E-state index in [0.717, 1.165) is 0 Å². The Morgan fingerprint density at radius 3 is 2.07 bits per heavy atom. The van der Waals surface area contributed by atoms with Crippen LogP contribution >= 0.6 is 0 Å². The van der Waals surface area contributed by atoms with Crippen LogP contribution in [0.5, 0.6) is 0 Å². The second-order valence-corrected chi connectivity index (χ2v) is 3.16. The highest BCUT2D eigenvalue weighted by molar-refractivity contribution is 5.77. The van der Waals surface area contributed by atoms with Crippen LogP contribution in [0.15, 0.2) is 0 Å². The van der Waals surface area contributed by atoms with Crippen LogP contribution in [0.4, 0.5) is 0 Å². The molecule has 0 radical (unpaired) electrons. The molecule has 0 saturated heterocycles. The number of rotatable bonds is 6. The molecule has 2 atom stereocenters. The van der Waals surface area contributed by atoms with Gasteiger partial charge in [0.15, 0.2) is 6.10 Å². The lowest BCUT2D eigenvalue weighted by atomic mass is 10.0. The molecule has 0 unspecified atom stereocenters. The Balaban J connectivity index is 3.99. The number of carbonyl (C=O) groups is 2. The lowest BCUT2D eigenvalue weighted by molar-refractivity contribution is -0.156. The summed E-state index contributed by atoms with van der Waals surface area (Å²) in [5.41, 5.74) is 0. The van der Waals surface area contributed by atoms with Gasteiger partial charge in [0, 0.05) is 0 Å². The molecule has 0 aromatic heterocycles. The third kappa shape index (κ3) is 5.37. The molecule has 0 aromatic carbocycles. The van der Waals surface area contributed by atoms with Crippen molar-refractivity contribution in [3.63, 3.8) is 0 Å². The Morgan fingerprint density at radius 1 is 1.13 bits per heavy atom. The predicted molar refractivity (Wildman–Crippen MR) is 53.1 cm³/mol. The van der Waals surface area contributed by atoms with Crippen molar-refractivity contribution in [3.8, 4) is 0 Å². The van der Waals surface area contributed by atoms with Crippen molar-refractivity contribution >= 4 is 11.9 Å². The Hall–Kier alpha value is -1.10. The molecule has 1 N–H and O–H groups in total. The molecule has 0 aliphatic rings. The second-order valence-electron chi connectivity index (χ2n) is 3.16. The van der Waals surface area contributed by atoms with Crippen molar-refractivity contribution in [1.29, 1.82) is 0 Å². The summed E-state index contributed by atoms with van der Waals surface area (Å²) in [4.78, 5) is 22.2. The average molecular weight is 218 g/mol. The molecule has 0 rings (SSSR count). The molecule has 0 bridgehead atoms. The minimum Gasteiger partial charge on any atom is -0.466 e. The molecule has 0 aromatic rings. The van der Waals surface area contributed by atoms with Crippen LogP contribution in [-0.2, 0) is 19.1 Å². The standard InChI is InChI=1S/C10H18O5/c1-4-14-9(12)7(3)6-8(11)10(13)15-5-2/h7-8,11H,4-6H2,1-3H3/t7-,8+/m1/s1. The van der Waals surface area contributed by atoms with Crippen LogP contribution in [0.3, 0.4) is 0 Å². The van der Waals surface area contributed by atoms with E-state index in [9.17, 15) is 14.7 Å². The number of hydrogen-bond acceptors (Lipinski definition) is 5. The SMILES string of the molecule is CCOC(=O)[C@H](C)C[C@H](O)C(=O)OCC. The second kappa shape index (κ2) is 7.23. The Labute approximate surface area is 89.4 Å². The molecule has 0 amide bonds. The average Bonchev–Trinajstić information content (AvgIpc) is 2.18. The largest absolute Gasteiger partial charge is 0.466 e. The summed E-state index contributed by atoms with van der Waals surface area (Å²) in [5.74, 6) is -1.63. The van der Waals surface area contributed by atoms with Crippen LogP contribution in [0, 0.1) is 5.92 Å². The molecule has 0 spiro atoms. The van der Waals surface area contributed by atoms with Gasteiger partial charge >= 0.3 is 11.9 Å². The minimum atomic E-state index is -1.26. The first-order valence-electron chi connectivity index (χ1n) is 5.04. The Bertz CT molecular complexity index is 192. The van der Waals surface area contributed by atoms with Crippen LogP contribution in [0.1, 0.15) is 27.2 Å². The topological polar surface area (TPSA) is 72.8 Å². The highest BCUT2D eigenvalue weighted by Gasteiger charge is 2.23. The summed E-state index contributed by atoms with van der Waals surface area (Å²) < 4.78 is 9.35. The van der Waals surface area contributed by atoms with Crippen molar-refractivity contribution in [2.75, 3.05) is 13.2 Å². The zero-order valence-corrected chi connectivity index (χ0v) is 9.36. The van der Waals surface area contributed by atoms with Gasteiger partial charge in [-0.15, -0.1) is 0 Å². The monoisotopic (exact) mass is 218 g/mol. The van der Waals surface area contributed by atoms with Gasteiger partial charge in [-0.3, -0.25) is 4.79 Å². The van der Waals surface area contributed by atoms with E-state index in [1.54, 1.807) is 20.8 Å². The van der Waals surface area contributed by atoms with E-state index in [2.05, 4.69) is 4.74 Å². The van der Waals surface area contributed by atoms with Crippen molar-refractivity contribution in [1.82, 2.24) is 0 Å². The summed E-state index contributed by atoms with van der Waals surface area (Å²) in [5, 5.41) is 9.35. The van der Waals surface area contributed by atoms with Gasteiger partial charge in [0.1, 0.15) is 0 Å². The normalized spacial score (nSPS) is 14.1. The van der Waals surface area contributed by atoms with E-state index < -0.39 is 24.0 Å². The molecule has 0 fully saturated rings. The van der Waals surface area contributed by atoms with E-state index in [4.69, 9.17) is 4.74 Å². The van der Waals surface area contributed by atoms with Gasteiger partial charge in [-0.1, -0.05) is 6.92 Å². The third-order valence-electron chi connectivity index (χ3n) is 1.82. The molecule has 0 heterocycles. The maximum Gasteiger partial charge on any atom is 0.334 e. The third-order valence-corrected chi connectivity index (χ3v) is 1.82. The van der Waals surface area contributed by atoms with Gasteiger partial charge in [0.05, 0.1) is 19.1 Å². The lowest BCUT2D eigenvalue weighted by Gasteiger charge is -2.14. The molecular formula is C10H18O5. The number of ether oxygens (including phenoxy) is 2. The fourth-order valence-electron chi connectivity index (χ4n) is 1.05. The van der Waals surface area contributed by atoms with Crippen molar-refractivity contribution < 1.29 is 24.2 Å². The number of hydrogen-bond donors (Lipinski definition) is 1. The zero-order chi connectivity index (χ0) is 11.8. The summed E-state index contributed by atoms with van der Waals surface area (Å²) >= 11 is 0. The zero-order valence-electron chi connectivity index (χ0n) is 9.36. The number of aliphatic hydroxyl groups excluding tert-OH is 1. The van der Waals surface area contributed by atoms with E-state index in [1.165, 1.54) is 0 Å². The fourth-order valence-corrected chi connectivity index (χ4v) is 1.05. The summed E-state index contributed by atoms with van der Waals surface area (Å²) in [6.45, 7) is 5.45. The number of carbonyl (C=O) groups excluding carboxylic acids is 2. The molecular weight excluding hydrogens is 200 g/mol. The van der Waals surface area contributed by atoms with E-state index in [-0.39, 0.29) is 13.0 Å². The molecule has 88 valence electrons. The molecule has 15 heavy (non-hydrogen) atoms.